The standard InChI is InChI=1S/C29H25BrCl3N3O3/c1-38-24-13-19(25(30)26(33)27(24)39-16-18-11-12-20(31)14-22(18)32)15-34-36-28(17-7-3-2-4-8-17)35-23-10-6-5-9-21(23)29(36)37/h5-6,9-15,17H,2-4,7-8,16H2,1H3. The number of hydrogen-bond donors (Lipinski definition) is 0. The summed E-state index contributed by atoms with van der Waals surface area (Å²) in [6.07, 6.45) is 6.96. The highest BCUT2D eigenvalue weighted by molar-refractivity contribution is 9.10. The number of hydrogen-bond acceptors (Lipinski definition) is 5. The number of ether oxygens (including phenoxy) is 2. The lowest BCUT2D eigenvalue weighted by Gasteiger charge is -2.22. The molecule has 1 saturated carbocycles. The first-order valence-corrected chi connectivity index (χ1v) is 14.5. The Morgan fingerprint density at radius 1 is 1.10 bits per heavy atom. The first-order valence-electron chi connectivity index (χ1n) is 12.6. The van der Waals surface area contributed by atoms with E-state index in [0.717, 1.165) is 31.2 Å². The molecule has 1 fully saturated rings. The van der Waals surface area contributed by atoms with Crippen LogP contribution in [0.5, 0.6) is 11.5 Å². The Kier molecular flexibility index (Phi) is 8.82. The van der Waals surface area contributed by atoms with Crippen molar-refractivity contribution in [1.82, 2.24) is 9.66 Å². The summed E-state index contributed by atoms with van der Waals surface area (Å²) in [5.74, 6) is 1.61. The van der Waals surface area contributed by atoms with Gasteiger partial charge in [-0.05, 0) is 59.1 Å². The van der Waals surface area contributed by atoms with Crippen LogP contribution in [-0.4, -0.2) is 23.0 Å². The average molecular weight is 650 g/mol. The van der Waals surface area contributed by atoms with Crippen LogP contribution in [0.15, 0.2) is 62.9 Å². The number of benzene rings is 3. The second-order valence-corrected chi connectivity index (χ2v) is 11.3. The summed E-state index contributed by atoms with van der Waals surface area (Å²) in [7, 11) is 1.53. The minimum atomic E-state index is -0.202. The maximum atomic E-state index is 13.5. The highest BCUT2D eigenvalue weighted by Crippen LogP contribution is 2.43. The van der Waals surface area contributed by atoms with Gasteiger partial charge < -0.3 is 9.47 Å². The minimum absolute atomic E-state index is 0.162. The molecule has 10 heteroatoms. The van der Waals surface area contributed by atoms with Gasteiger partial charge in [0, 0.05) is 31.6 Å². The van der Waals surface area contributed by atoms with Crippen molar-refractivity contribution in [1.29, 1.82) is 0 Å². The molecule has 0 atom stereocenters. The van der Waals surface area contributed by atoms with Gasteiger partial charge in [-0.15, -0.1) is 0 Å². The lowest BCUT2D eigenvalue weighted by molar-refractivity contribution is 0.284. The van der Waals surface area contributed by atoms with Crippen LogP contribution < -0.4 is 15.0 Å². The summed E-state index contributed by atoms with van der Waals surface area (Å²) in [6, 6.07) is 14.3. The van der Waals surface area contributed by atoms with Gasteiger partial charge in [0.25, 0.3) is 5.56 Å². The van der Waals surface area contributed by atoms with Gasteiger partial charge in [0.05, 0.1) is 24.2 Å². The Balaban J connectivity index is 1.51. The van der Waals surface area contributed by atoms with Crippen molar-refractivity contribution in [3.63, 3.8) is 0 Å². The van der Waals surface area contributed by atoms with Crippen molar-refractivity contribution in [2.75, 3.05) is 7.11 Å². The zero-order valence-corrected chi connectivity index (χ0v) is 24.9. The van der Waals surface area contributed by atoms with Gasteiger partial charge in [-0.25, -0.2) is 4.98 Å². The van der Waals surface area contributed by atoms with Crippen LogP contribution >= 0.6 is 50.7 Å². The first-order chi connectivity index (χ1) is 18.9. The SMILES string of the molecule is COc1cc(C=Nn2c(C3CCCCC3)nc3ccccc3c2=O)c(Br)c(Cl)c1OCc1ccc(Cl)cc1Cl. The van der Waals surface area contributed by atoms with Crippen molar-refractivity contribution < 1.29 is 9.47 Å². The summed E-state index contributed by atoms with van der Waals surface area (Å²) >= 11 is 22.6. The third-order valence-corrected chi connectivity index (χ3v) is 8.85. The molecule has 0 N–H and O–H groups in total. The third-order valence-electron chi connectivity index (χ3n) is 6.82. The van der Waals surface area contributed by atoms with Crippen molar-refractivity contribution in [3.8, 4) is 11.5 Å². The molecule has 0 saturated heterocycles. The van der Waals surface area contributed by atoms with Crippen LogP contribution in [-0.2, 0) is 6.61 Å². The van der Waals surface area contributed by atoms with E-state index in [9.17, 15) is 4.79 Å². The molecule has 1 heterocycles. The molecule has 5 rings (SSSR count). The number of methoxy groups -OCH3 is 1. The molecule has 0 amide bonds. The molecule has 0 radical (unpaired) electrons. The van der Waals surface area contributed by atoms with Crippen molar-refractivity contribution >= 4 is 67.9 Å². The van der Waals surface area contributed by atoms with Gasteiger partial charge in [0.2, 0.25) is 0 Å². The fourth-order valence-corrected chi connectivity index (χ4v) is 5.89. The quantitative estimate of drug-likeness (QED) is 0.188. The van der Waals surface area contributed by atoms with E-state index in [0.29, 0.717) is 53.3 Å². The van der Waals surface area contributed by atoms with Gasteiger partial charge >= 0.3 is 0 Å². The van der Waals surface area contributed by atoms with E-state index in [4.69, 9.17) is 49.3 Å². The van der Waals surface area contributed by atoms with E-state index in [1.54, 1.807) is 36.5 Å². The third kappa shape index (κ3) is 5.97. The second kappa shape index (κ2) is 12.3. The van der Waals surface area contributed by atoms with E-state index in [-0.39, 0.29) is 18.1 Å². The molecule has 0 unspecified atom stereocenters. The van der Waals surface area contributed by atoms with Crippen LogP contribution in [0.3, 0.4) is 0 Å². The van der Waals surface area contributed by atoms with Gasteiger partial charge in [0.1, 0.15) is 17.5 Å². The second-order valence-electron chi connectivity index (χ2n) is 9.33. The molecule has 39 heavy (non-hydrogen) atoms. The van der Waals surface area contributed by atoms with Gasteiger partial charge in [0.15, 0.2) is 11.5 Å². The number of halogens is 4. The maximum Gasteiger partial charge on any atom is 0.282 e. The fourth-order valence-electron chi connectivity index (χ4n) is 4.77. The molecule has 3 aromatic carbocycles. The summed E-state index contributed by atoms with van der Waals surface area (Å²) < 4.78 is 13.6. The monoisotopic (exact) mass is 647 g/mol. The predicted molar refractivity (Wildman–Crippen MR) is 161 cm³/mol. The van der Waals surface area contributed by atoms with Crippen molar-refractivity contribution in [2.45, 2.75) is 44.6 Å². The molecule has 1 aliphatic rings. The molecule has 1 aliphatic carbocycles. The summed E-state index contributed by atoms with van der Waals surface area (Å²) in [6.45, 7) is 0.162. The highest BCUT2D eigenvalue weighted by atomic mass is 79.9. The molecule has 4 aromatic rings. The lowest BCUT2D eigenvalue weighted by Crippen LogP contribution is -2.25. The molecular weight excluding hydrogens is 625 g/mol. The Labute approximate surface area is 249 Å². The van der Waals surface area contributed by atoms with Crippen molar-refractivity contribution in [3.05, 3.63) is 95.4 Å². The largest absolute Gasteiger partial charge is 0.493 e. The van der Waals surface area contributed by atoms with Gasteiger partial charge in [-0.3, -0.25) is 4.79 Å². The number of aromatic nitrogens is 2. The number of nitrogens with zero attached hydrogens (tertiary/aromatic N) is 3. The molecule has 0 aliphatic heterocycles. The summed E-state index contributed by atoms with van der Waals surface area (Å²) in [4.78, 5) is 18.4. The summed E-state index contributed by atoms with van der Waals surface area (Å²) in [5.41, 5.74) is 1.84. The molecular formula is C29H25BrCl3N3O3. The van der Waals surface area contributed by atoms with Gasteiger partial charge in [-0.1, -0.05) is 72.3 Å². The van der Waals surface area contributed by atoms with Gasteiger partial charge in [-0.2, -0.15) is 9.78 Å². The summed E-state index contributed by atoms with van der Waals surface area (Å²) in [5, 5.41) is 6.48. The topological polar surface area (TPSA) is 65.7 Å². The highest BCUT2D eigenvalue weighted by Gasteiger charge is 2.23. The Morgan fingerprint density at radius 3 is 2.62 bits per heavy atom. The van der Waals surface area contributed by atoms with E-state index < -0.39 is 0 Å². The van der Waals surface area contributed by atoms with E-state index in [2.05, 4.69) is 21.0 Å². The molecule has 0 spiro atoms. The number of fused-ring (bicyclic) bond motifs is 1. The molecule has 0 bridgehead atoms. The van der Waals surface area contributed by atoms with Crippen molar-refractivity contribution in [2.24, 2.45) is 5.10 Å². The normalized spacial score (nSPS) is 14.3. The van der Waals surface area contributed by atoms with Crippen LogP contribution in [0.25, 0.3) is 10.9 Å². The Hall–Kier alpha value is -2.58. The zero-order valence-electron chi connectivity index (χ0n) is 21.1. The number of para-hydroxylation sites is 1. The molecule has 6 nitrogen and oxygen atoms in total. The lowest BCUT2D eigenvalue weighted by atomic mass is 9.88. The zero-order chi connectivity index (χ0) is 27.5. The van der Waals surface area contributed by atoms with E-state index in [1.165, 1.54) is 18.2 Å². The van der Waals surface area contributed by atoms with Crippen LogP contribution in [0, 0.1) is 0 Å². The Morgan fingerprint density at radius 2 is 1.87 bits per heavy atom. The van der Waals surface area contributed by atoms with E-state index >= 15 is 0 Å². The predicted octanol–water partition coefficient (Wildman–Crippen LogP) is 8.64. The Bertz CT molecular complexity index is 1620. The molecule has 202 valence electrons. The van der Waals surface area contributed by atoms with E-state index in [1.807, 2.05) is 18.2 Å². The number of rotatable bonds is 7. The average Bonchev–Trinajstić information content (AvgIpc) is 2.95. The fraction of sp³-hybridized carbons (Fsp3) is 0.276. The first kappa shape index (κ1) is 28.0. The maximum absolute atomic E-state index is 13.5. The molecule has 1 aromatic heterocycles. The smallest absolute Gasteiger partial charge is 0.282 e. The minimum Gasteiger partial charge on any atom is -0.493 e. The van der Waals surface area contributed by atoms with Crippen LogP contribution in [0.1, 0.15) is 55.0 Å². The van der Waals surface area contributed by atoms with Crippen LogP contribution in [0.4, 0.5) is 0 Å². The van der Waals surface area contributed by atoms with Crippen LogP contribution in [0.2, 0.25) is 15.1 Å².